The van der Waals surface area contributed by atoms with Gasteiger partial charge in [0, 0.05) is 17.6 Å². The summed E-state index contributed by atoms with van der Waals surface area (Å²) in [6.07, 6.45) is -3.28. The first-order chi connectivity index (χ1) is 16.6. The molecule has 2 N–H and O–H groups in total. The number of rotatable bonds is 6. The van der Waals surface area contributed by atoms with Gasteiger partial charge in [-0.3, -0.25) is 9.59 Å². The van der Waals surface area contributed by atoms with E-state index < -0.39 is 35.8 Å². The number of ether oxygens (including phenoxy) is 1. The molecule has 0 aliphatic heterocycles. The molecule has 4 rings (SSSR count). The summed E-state index contributed by atoms with van der Waals surface area (Å²) in [6, 6.07) is 13.7. The fraction of sp³-hybridized carbons (Fsp3) is 0.130. The zero-order chi connectivity index (χ0) is 25.2. The van der Waals surface area contributed by atoms with E-state index >= 15 is 0 Å². The van der Waals surface area contributed by atoms with Gasteiger partial charge in [0.25, 0.3) is 5.91 Å². The van der Waals surface area contributed by atoms with E-state index in [1.807, 2.05) is 0 Å². The van der Waals surface area contributed by atoms with Crippen LogP contribution in [0, 0.1) is 0 Å². The van der Waals surface area contributed by atoms with E-state index in [1.165, 1.54) is 31.5 Å². The summed E-state index contributed by atoms with van der Waals surface area (Å²) in [7, 11) is 1.52. The third kappa shape index (κ3) is 5.32. The Balaban J connectivity index is 1.49. The summed E-state index contributed by atoms with van der Waals surface area (Å²) < 4.78 is 45.6. The molecule has 0 unspecified atom stereocenters. The zero-order valence-corrected chi connectivity index (χ0v) is 18.2. The lowest BCUT2D eigenvalue weighted by Crippen LogP contribution is -2.28. The van der Waals surface area contributed by atoms with E-state index in [9.17, 15) is 27.6 Å². The number of aromatic nitrogens is 3. The number of carbonyl (C=O) groups excluding carboxylic acids is 2. The number of pyridine rings is 1. The SMILES string of the molecule is COc1ccc(NC(=O)c2ccc3nn(CC(=O)Nc4cccc(C(F)(F)F)c4)c(=O)n3c2)cc1. The predicted octanol–water partition coefficient (Wildman–Crippen LogP) is 3.41. The number of benzene rings is 2. The van der Waals surface area contributed by atoms with Crippen LogP contribution in [-0.4, -0.2) is 33.1 Å². The molecule has 2 aromatic heterocycles. The lowest BCUT2D eigenvalue weighted by molar-refractivity contribution is -0.137. The van der Waals surface area contributed by atoms with Crippen molar-refractivity contribution in [3.63, 3.8) is 0 Å². The fourth-order valence-electron chi connectivity index (χ4n) is 3.24. The van der Waals surface area contributed by atoms with Crippen molar-refractivity contribution in [2.75, 3.05) is 17.7 Å². The number of alkyl halides is 3. The molecule has 35 heavy (non-hydrogen) atoms. The molecule has 0 saturated carbocycles. The molecule has 9 nitrogen and oxygen atoms in total. The van der Waals surface area contributed by atoms with Gasteiger partial charge in [0.15, 0.2) is 5.65 Å². The normalized spacial score (nSPS) is 11.3. The maximum absolute atomic E-state index is 12.9. The summed E-state index contributed by atoms with van der Waals surface area (Å²) in [4.78, 5) is 37.6. The quantitative estimate of drug-likeness (QED) is 0.435. The molecule has 0 atom stereocenters. The number of hydrogen-bond acceptors (Lipinski definition) is 5. The topological polar surface area (TPSA) is 107 Å². The number of nitrogens with one attached hydrogen (secondary N) is 2. The molecule has 2 amide bonds. The number of amides is 2. The molecule has 0 bridgehead atoms. The van der Waals surface area contributed by atoms with Crippen LogP contribution in [0.4, 0.5) is 24.5 Å². The van der Waals surface area contributed by atoms with Crippen molar-refractivity contribution in [2.45, 2.75) is 12.7 Å². The van der Waals surface area contributed by atoms with Crippen LogP contribution in [0.15, 0.2) is 71.7 Å². The zero-order valence-electron chi connectivity index (χ0n) is 18.2. The molecular weight excluding hydrogens is 467 g/mol. The van der Waals surface area contributed by atoms with Crippen molar-refractivity contribution in [2.24, 2.45) is 0 Å². The molecule has 0 spiro atoms. The van der Waals surface area contributed by atoms with E-state index in [0.717, 1.165) is 27.3 Å². The summed E-state index contributed by atoms with van der Waals surface area (Å²) in [6.45, 7) is -0.538. The summed E-state index contributed by atoms with van der Waals surface area (Å²) in [5, 5.41) is 9.05. The van der Waals surface area contributed by atoms with Gasteiger partial charge in [0.05, 0.1) is 18.2 Å². The van der Waals surface area contributed by atoms with Gasteiger partial charge >= 0.3 is 11.9 Å². The van der Waals surface area contributed by atoms with Crippen molar-refractivity contribution >= 4 is 28.8 Å². The van der Waals surface area contributed by atoms with Gasteiger partial charge in [0.2, 0.25) is 5.91 Å². The minimum Gasteiger partial charge on any atom is -0.497 e. The summed E-state index contributed by atoms with van der Waals surface area (Å²) >= 11 is 0. The largest absolute Gasteiger partial charge is 0.497 e. The Kier molecular flexibility index (Phi) is 6.28. The Hall–Kier alpha value is -4.61. The van der Waals surface area contributed by atoms with Gasteiger partial charge in [-0.15, -0.1) is 5.10 Å². The van der Waals surface area contributed by atoms with Crippen LogP contribution >= 0.6 is 0 Å². The molecule has 0 fully saturated rings. The average Bonchev–Trinajstić information content (AvgIpc) is 3.13. The van der Waals surface area contributed by atoms with Crippen molar-refractivity contribution in [1.82, 2.24) is 14.2 Å². The molecule has 2 heterocycles. The van der Waals surface area contributed by atoms with E-state index in [0.29, 0.717) is 11.4 Å². The van der Waals surface area contributed by atoms with E-state index in [2.05, 4.69) is 15.7 Å². The Bertz CT molecular complexity index is 1460. The monoisotopic (exact) mass is 485 g/mol. The molecule has 12 heteroatoms. The lowest BCUT2D eigenvalue weighted by Gasteiger charge is -2.09. The van der Waals surface area contributed by atoms with Crippen molar-refractivity contribution in [1.29, 1.82) is 0 Å². The minimum atomic E-state index is -4.56. The van der Waals surface area contributed by atoms with E-state index in [-0.39, 0.29) is 16.9 Å². The first kappa shape index (κ1) is 23.5. The third-order valence-electron chi connectivity index (χ3n) is 4.95. The van der Waals surface area contributed by atoms with Crippen molar-refractivity contribution in [3.8, 4) is 5.75 Å². The van der Waals surface area contributed by atoms with Crippen LogP contribution in [0.1, 0.15) is 15.9 Å². The Morgan fingerprint density at radius 3 is 2.43 bits per heavy atom. The molecule has 2 aromatic carbocycles. The average molecular weight is 485 g/mol. The predicted molar refractivity (Wildman–Crippen MR) is 120 cm³/mol. The van der Waals surface area contributed by atoms with E-state index in [4.69, 9.17) is 4.74 Å². The summed E-state index contributed by atoms with van der Waals surface area (Å²) in [5.41, 5.74) is -0.811. The molecule has 0 aliphatic rings. The smallest absolute Gasteiger partial charge is 0.416 e. The fourth-order valence-corrected chi connectivity index (χ4v) is 3.24. The third-order valence-corrected chi connectivity index (χ3v) is 4.95. The van der Waals surface area contributed by atoms with Crippen LogP contribution in [0.5, 0.6) is 5.75 Å². The highest BCUT2D eigenvalue weighted by Gasteiger charge is 2.30. The molecule has 4 aromatic rings. The van der Waals surface area contributed by atoms with Crippen LogP contribution in [0.25, 0.3) is 5.65 Å². The first-order valence-electron chi connectivity index (χ1n) is 10.2. The number of methoxy groups -OCH3 is 1. The van der Waals surface area contributed by atoms with Gasteiger partial charge in [0.1, 0.15) is 12.3 Å². The summed E-state index contributed by atoms with van der Waals surface area (Å²) in [5.74, 6) is -0.591. The second-order valence-corrected chi connectivity index (χ2v) is 7.40. The number of carbonyl (C=O) groups is 2. The maximum atomic E-state index is 12.9. The van der Waals surface area contributed by atoms with Gasteiger partial charge < -0.3 is 15.4 Å². The lowest BCUT2D eigenvalue weighted by atomic mass is 10.2. The maximum Gasteiger partial charge on any atom is 0.416 e. The highest BCUT2D eigenvalue weighted by Crippen LogP contribution is 2.30. The molecule has 180 valence electrons. The van der Waals surface area contributed by atoms with Gasteiger partial charge in [-0.25, -0.2) is 13.9 Å². The Morgan fingerprint density at radius 2 is 1.74 bits per heavy atom. The standard InChI is InChI=1S/C23H18F3N5O4/c1-35-18-8-6-16(7-9-18)28-21(33)14-5-10-19-29-31(22(34)30(19)12-14)13-20(32)27-17-4-2-3-15(11-17)23(24,25)26/h2-12H,13H2,1H3,(H,27,32)(H,28,33). The number of hydrogen-bond donors (Lipinski definition) is 2. The highest BCUT2D eigenvalue weighted by molar-refractivity contribution is 6.04. The van der Waals surface area contributed by atoms with Crippen LogP contribution < -0.4 is 21.1 Å². The number of fused-ring (bicyclic) bond motifs is 1. The molecular formula is C23H18F3N5O4. The van der Waals surface area contributed by atoms with Gasteiger partial charge in [-0.2, -0.15) is 13.2 Å². The molecule has 0 saturated heterocycles. The number of halogens is 3. The molecule has 0 aliphatic carbocycles. The van der Waals surface area contributed by atoms with Crippen LogP contribution in [0.2, 0.25) is 0 Å². The van der Waals surface area contributed by atoms with Crippen LogP contribution in [-0.2, 0) is 17.5 Å². The minimum absolute atomic E-state index is 0.0703. The van der Waals surface area contributed by atoms with Crippen LogP contribution in [0.3, 0.4) is 0 Å². The first-order valence-corrected chi connectivity index (χ1v) is 10.2. The second-order valence-electron chi connectivity index (χ2n) is 7.40. The van der Waals surface area contributed by atoms with Crippen molar-refractivity contribution < 1.29 is 27.5 Å². The number of nitrogens with zero attached hydrogens (tertiary/aromatic N) is 3. The van der Waals surface area contributed by atoms with Crippen molar-refractivity contribution in [3.05, 3.63) is 88.5 Å². The second kappa shape index (κ2) is 9.33. The Morgan fingerprint density at radius 1 is 1.00 bits per heavy atom. The Labute approximate surface area is 195 Å². The molecule has 0 radical (unpaired) electrons. The van der Waals surface area contributed by atoms with E-state index in [1.54, 1.807) is 24.3 Å². The van der Waals surface area contributed by atoms with Gasteiger partial charge in [-0.1, -0.05) is 6.07 Å². The highest BCUT2D eigenvalue weighted by atomic mass is 19.4. The number of anilines is 2. The van der Waals surface area contributed by atoms with Gasteiger partial charge in [-0.05, 0) is 54.6 Å².